The van der Waals surface area contributed by atoms with Crippen molar-refractivity contribution < 1.29 is 0 Å². The first kappa shape index (κ1) is 12.4. The van der Waals surface area contributed by atoms with E-state index >= 15 is 0 Å². The van der Waals surface area contributed by atoms with Crippen LogP contribution in [-0.4, -0.2) is 21.6 Å². The van der Waals surface area contributed by atoms with E-state index in [4.69, 9.17) is 0 Å². The van der Waals surface area contributed by atoms with E-state index in [-0.39, 0.29) is 5.54 Å². The van der Waals surface area contributed by atoms with Gasteiger partial charge < -0.3 is 5.32 Å². The largest absolute Gasteiger partial charge is 0.311 e. The van der Waals surface area contributed by atoms with Gasteiger partial charge in [-0.05, 0) is 33.6 Å². The second-order valence-electron chi connectivity index (χ2n) is 6.50. The summed E-state index contributed by atoms with van der Waals surface area (Å²) in [5, 5.41) is 3.63. The molecule has 1 aliphatic carbocycles. The summed E-state index contributed by atoms with van der Waals surface area (Å²) in [6, 6.07) is 0. The molecule has 2 heteroatoms. The van der Waals surface area contributed by atoms with Crippen molar-refractivity contribution in [2.45, 2.75) is 69.4 Å². The summed E-state index contributed by atoms with van der Waals surface area (Å²) in [5.41, 5.74) is 0.258. The molecule has 0 atom stereocenters. The summed E-state index contributed by atoms with van der Waals surface area (Å²) in [6.45, 7) is 14.8. The van der Waals surface area contributed by atoms with E-state index in [0.29, 0.717) is 9.49 Å². The monoisotopic (exact) mass is 215 g/mol. The summed E-state index contributed by atoms with van der Waals surface area (Å²) in [5.74, 6) is 0. The van der Waals surface area contributed by atoms with Gasteiger partial charge in [-0.3, -0.25) is 0 Å². The minimum Gasteiger partial charge on any atom is -0.311 e. The van der Waals surface area contributed by atoms with Crippen molar-refractivity contribution in [1.29, 1.82) is 0 Å². The molecule has 84 valence electrons. The Morgan fingerprint density at radius 1 is 1.07 bits per heavy atom. The Morgan fingerprint density at radius 3 is 1.86 bits per heavy atom. The smallest absolute Gasteiger partial charge is 0.0290 e. The summed E-state index contributed by atoms with van der Waals surface area (Å²) >= 11 is 2.15. The lowest BCUT2D eigenvalue weighted by atomic mass is 10.1. The highest BCUT2D eigenvalue weighted by Gasteiger charge is 2.46. The van der Waals surface area contributed by atoms with Crippen LogP contribution in [0.3, 0.4) is 0 Å². The lowest BCUT2D eigenvalue weighted by Crippen LogP contribution is -2.41. The number of hydrogen-bond donors (Lipinski definition) is 1. The average molecular weight is 215 g/mol. The van der Waals surface area contributed by atoms with Gasteiger partial charge in [-0.2, -0.15) is 0 Å². The van der Waals surface area contributed by atoms with E-state index < -0.39 is 0 Å². The van der Waals surface area contributed by atoms with Crippen LogP contribution in [0.25, 0.3) is 0 Å². The second kappa shape index (κ2) is 3.71. The fourth-order valence-electron chi connectivity index (χ4n) is 1.53. The molecule has 0 aromatic carbocycles. The molecular formula is C12H25NS. The molecule has 1 aliphatic rings. The molecule has 0 aromatic rings. The van der Waals surface area contributed by atoms with Crippen LogP contribution in [0.5, 0.6) is 0 Å². The topological polar surface area (TPSA) is 12.0 Å². The fraction of sp³-hybridized carbons (Fsp3) is 1.00. The van der Waals surface area contributed by atoms with Crippen LogP contribution in [0.4, 0.5) is 0 Å². The molecule has 0 amide bonds. The van der Waals surface area contributed by atoms with Gasteiger partial charge in [-0.15, -0.1) is 11.8 Å². The van der Waals surface area contributed by atoms with Crippen molar-refractivity contribution in [1.82, 2.24) is 5.32 Å². The summed E-state index contributed by atoms with van der Waals surface area (Å²) < 4.78 is 0.946. The predicted octanol–water partition coefficient (Wildman–Crippen LogP) is 3.44. The van der Waals surface area contributed by atoms with Gasteiger partial charge in [0, 0.05) is 21.6 Å². The number of hydrogen-bond acceptors (Lipinski definition) is 2. The highest BCUT2D eigenvalue weighted by atomic mass is 32.2. The maximum atomic E-state index is 3.63. The van der Waals surface area contributed by atoms with E-state index in [1.807, 2.05) is 0 Å². The average Bonchev–Trinajstić information content (AvgIpc) is 2.60. The summed E-state index contributed by atoms with van der Waals surface area (Å²) in [7, 11) is 0. The lowest BCUT2D eigenvalue weighted by Gasteiger charge is -2.29. The molecule has 0 saturated heterocycles. The first-order chi connectivity index (χ1) is 6.12. The molecule has 0 aliphatic heterocycles. The Morgan fingerprint density at radius 2 is 1.57 bits per heavy atom. The van der Waals surface area contributed by atoms with Gasteiger partial charge in [-0.25, -0.2) is 0 Å². The van der Waals surface area contributed by atoms with E-state index in [1.165, 1.54) is 19.4 Å². The molecule has 0 spiro atoms. The molecule has 14 heavy (non-hydrogen) atoms. The normalized spacial score (nSPS) is 21.0. The Hall–Kier alpha value is 0.310. The predicted molar refractivity (Wildman–Crippen MR) is 67.1 cm³/mol. The van der Waals surface area contributed by atoms with Crippen molar-refractivity contribution in [2.75, 3.05) is 6.54 Å². The quantitative estimate of drug-likeness (QED) is 0.774. The van der Waals surface area contributed by atoms with Crippen LogP contribution in [0, 0.1) is 0 Å². The number of thioether (sulfide) groups is 1. The molecular weight excluding hydrogens is 190 g/mol. The third-order valence-electron chi connectivity index (χ3n) is 2.27. The Labute approximate surface area is 93.4 Å². The van der Waals surface area contributed by atoms with Crippen molar-refractivity contribution in [3.8, 4) is 0 Å². The van der Waals surface area contributed by atoms with E-state index in [2.05, 4.69) is 58.6 Å². The van der Waals surface area contributed by atoms with Gasteiger partial charge in [0.1, 0.15) is 0 Å². The Balaban J connectivity index is 2.37. The van der Waals surface area contributed by atoms with Gasteiger partial charge in [0.05, 0.1) is 0 Å². The van der Waals surface area contributed by atoms with Crippen LogP contribution in [0.15, 0.2) is 0 Å². The third kappa shape index (κ3) is 4.70. The van der Waals surface area contributed by atoms with Crippen LogP contribution in [0.1, 0.15) is 54.4 Å². The first-order valence-corrected chi connectivity index (χ1v) is 6.39. The SMILES string of the molecule is CC(C)(C)NCC1(SC(C)(C)C)CC1. The molecule has 1 N–H and O–H groups in total. The number of nitrogens with one attached hydrogen (secondary N) is 1. The van der Waals surface area contributed by atoms with Crippen LogP contribution < -0.4 is 5.32 Å². The lowest BCUT2D eigenvalue weighted by molar-refractivity contribution is 0.422. The molecule has 0 radical (unpaired) electrons. The van der Waals surface area contributed by atoms with Gasteiger partial charge in [0.2, 0.25) is 0 Å². The third-order valence-corrected chi connectivity index (χ3v) is 3.87. The van der Waals surface area contributed by atoms with Crippen molar-refractivity contribution >= 4 is 11.8 Å². The van der Waals surface area contributed by atoms with E-state index in [0.717, 1.165) is 0 Å². The zero-order chi connectivity index (χ0) is 11.0. The maximum absolute atomic E-state index is 3.63. The van der Waals surface area contributed by atoms with Gasteiger partial charge in [-0.1, -0.05) is 20.8 Å². The minimum atomic E-state index is 0.258. The number of rotatable bonds is 3. The molecule has 1 saturated carbocycles. The second-order valence-corrected chi connectivity index (χ2v) is 8.80. The van der Waals surface area contributed by atoms with E-state index in [1.54, 1.807) is 0 Å². The summed E-state index contributed by atoms with van der Waals surface area (Å²) in [4.78, 5) is 0. The summed E-state index contributed by atoms with van der Waals surface area (Å²) in [6.07, 6.45) is 2.77. The Kier molecular flexibility index (Phi) is 3.28. The van der Waals surface area contributed by atoms with Gasteiger partial charge in [0.15, 0.2) is 0 Å². The minimum absolute atomic E-state index is 0.258. The first-order valence-electron chi connectivity index (χ1n) is 5.57. The van der Waals surface area contributed by atoms with E-state index in [9.17, 15) is 0 Å². The molecule has 0 bridgehead atoms. The highest BCUT2D eigenvalue weighted by molar-refractivity contribution is 8.02. The molecule has 1 fully saturated rings. The zero-order valence-corrected chi connectivity index (χ0v) is 11.3. The van der Waals surface area contributed by atoms with Crippen LogP contribution in [-0.2, 0) is 0 Å². The van der Waals surface area contributed by atoms with Crippen molar-refractivity contribution in [3.05, 3.63) is 0 Å². The highest BCUT2D eigenvalue weighted by Crippen LogP contribution is 2.52. The fourth-order valence-corrected chi connectivity index (χ4v) is 3.28. The zero-order valence-electron chi connectivity index (χ0n) is 10.5. The molecule has 0 aromatic heterocycles. The van der Waals surface area contributed by atoms with Crippen molar-refractivity contribution in [3.63, 3.8) is 0 Å². The van der Waals surface area contributed by atoms with Gasteiger partial charge in [0.25, 0.3) is 0 Å². The van der Waals surface area contributed by atoms with Crippen molar-refractivity contribution in [2.24, 2.45) is 0 Å². The standard InChI is InChI=1S/C12H25NS/c1-10(2,3)13-9-12(7-8-12)14-11(4,5)6/h13H,7-9H2,1-6H3. The molecule has 0 heterocycles. The molecule has 0 unspecified atom stereocenters. The van der Waals surface area contributed by atoms with Gasteiger partial charge >= 0.3 is 0 Å². The van der Waals surface area contributed by atoms with Crippen LogP contribution >= 0.6 is 11.8 Å². The van der Waals surface area contributed by atoms with Crippen LogP contribution in [0.2, 0.25) is 0 Å². The molecule has 1 nitrogen and oxygen atoms in total. The maximum Gasteiger partial charge on any atom is 0.0290 e. The molecule has 1 rings (SSSR count). The Bertz CT molecular complexity index is 193.